The number of pyridine rings is 1. The van der Waals surface area contributed by atoms with E-state index in [4.69, 9.17) is 4.98 Å². The van der Waals surface area contributed by atoms with Crippen LogP contribution >= 0.6 is 24.8 Å². The van der Waals surface area contributed by atoms with Gasteiger partial charge < -0.3 is 10.6 Å². The minimum atomic E-state index is 0. The Kier molecular flexibility index (Phi) is 8.07. The lowest BCUT2D eigenvalue weighted by molar-refractivity contribution is 0.0948. The Balaban J connectivity index is 0.00000140. The third kappa shape index (κ3) is 5.15. The van der Waals surface area contributed by atoms with E-state index in [0.29, 0.717) is 12.5 Å². The number of halogens is 2. The third-order valence-corrected chi connectivity index (χ3v) is 5.43. The van der Waals surface area contributed by atoms with Gasteiger partial charge in [-0.25, -0.2) is 0 Å². The van der Waals surface area contributed by atoms with Crippen molar-refractivity contribution >= 4 is 41.6 Å². The van der Waals surface area contributed by atoms with E-state index in [1.165, 1.54) is 18.4 Å². The molecule has 7 heteroatoms. The maximum absolute atomic E-state index is 12.9. The van der Waals surface area contributed by atoms with Crippen LogP contribution in [-0.2, 0) is 0 Å². The predicted molar refractivity (Wildman–Crippen MR) is 119 cm³/mol. The highest BCUT2D eigenvalue weighted by Gasteiger charge is 2.27. The number of hydrogen-bond acceptors (Lipinski definition) is 4. The molecule has 0 radical (unpaired) electrons. The minimum absolute atomic E-state index is 0. The maximum atomic E-state index is 12.9. The Labute approximate surface area is 179 Å². The molecule has 1 aliphatic carbocycles. The SMILES string of the molecule is Cc1cc(C)c2nc(C3CC3)cc(C(=O)NCCN3CCNCC3)c2c1.Cl.Cl. The van der Waals surface area contributed by atoms with E-state index in [1.54, 1.807) is 0 Å². The first-order valence-corrected chi connectivity index (χ1v) is 9.75. The number of nitrogens with zero attached hydrogens (tertiary/aromatic N) is 2. The predicted octanol–water partition coefficient (Wildman–Crippen LogP) is 3.21. The summed E-state index contributed by atoms with van der Waals surface area (Å²) in [4.78, 5) is 20.2. The average molecular weight is 425 g/mol. The van der Waals surface area contributed by atoms with Crippen molar-refractivity contribution in [1.82, 2.24) is 20.5 Å². The molecule has 0 atom stereocenters. The highest BCUT2D eigenvalue weighted by Crippen LogP contribution is 2.40. The lowest BCUT2D eigenvalue weighted by Crippen LogP contribution is -2.46. The summed E-state index contributed by atoms with van der Waals surface area (Å²) in [5.41, 5.74) is 5.16. The normalized spacial score (nSPS) is 16.9. The van der Waals surface area contributed by atoms with Crippen LogP contribution in [0.15, 0.2) is 18.2 Å². The zero-order valence-corrected chi connectivity index (χ0v) is 18.2. The van der Waals surface area contributed by atoms with Crippen molar-refractivity contribution in [2.75, 3.05) is 39.3 Å². The topological polar surface area (TPSA) is 57.3 Å². The maximum Gasteiger partial charge on any atom is 0.252 e. The van der Waals surface area contributed by atoms with Crippen molar-refractivity contribution in [1.29, 1.82) is 0 Å². The molecule has 1 saturated carbocycles. The Morgan fingerprint density at radius 3 is 2.57 bits per heavy atom. The van der Waals surface area contributed by atoms with Gasteiger partial charge >= 0.3 is 0 Å². The van der Waals surface area contributed by atoms with Crippen LogP contribution in [0.3, 0.4) is 0 Å². The summed E-state index contributed by atoms with van der Waals surface area (Å²) in [6.07, 6.45) is 2.38. The first-order chi connectivity index (χ1) is 12.6. The van der Waals surface area contributed by atoms with Crippen molar-refractivity contribution in [2.24, 2.45) is 0 Å². The van der Waals surface area contributed by atoms with Gasteiger partial charge in [0, 0.05) is 56.3 Å². The van der Waals surface area contributed by atoms with Crippen LogP contribution in [0.4, 0.5) is 0 Å². The molecule has 1 aromatic heterocycles. The molecule has 28 heavy (non-hydrogen) atoms. The highest BCUT2D eigenvalue weighted by molar-refractivity contribution is 6.07. The number of aryl methyl sites for hydroxylation is 2. The van der Waals surface area contributed by atoms with E-state index in [-0.39, 0.29) is 30.7 Å². The number of benzene rings is 1. The van der Waals surface area contributed by atoms with Gasteiger partial charge in [-0.1, -0.05) is 11.6 Å². The second kappa shape index (κ2) is 9.88. The highest BCUT2D eigenvalue weighted by atomic mass is 35.5. The molecule has 1 amide bonds. The van der Waals surface area contributed by atoms with Gasteiger partial charge in [-0.3, -0.25) is 14.7 Å². The second-order valence-electron chi connectivity index (χ2n) is 7.69. The average Bonchev–Trinajstić information content (AvgIpc) is 3.47. The van der Waals surface area contributed by atoms with Crippen LogP contribution in [0.25, 0.3) is 10.9 Å². The van der Waals surface area contributed by atoms with Crippen LogP contribution in [0.2, 0.25) is 0 Å². The van der Waals surface area contributed by atoms with Gasteiger partial charge in [-0.05, 0) is 44.4 Å². The summed E-state index contributed by atoms with van der Waals surface area (Å²) in [7, 11) is 0. The summed E-state index contributed by atoms with van der Waals surface area (Å²) in [5.74, 6) is 0.562. The second-order valence-corrected chi connectivity index (χ2v) is 7.69. The fourth-order valence-electron chi connectivity index (χ4n) is 3.83. The molecular formula is C21H30Cl2N4O. The molecule has 154 valence electrons. The molecule has 2 aliphatic rings. The first-order valence-electron chi connectivity index (χ1n) is 9.75. The Morgan fingerprint density at radius 1 is 1.18 bits per heavy atom. The molecule has 2 aromatic rings. The lowest BCUT2D eigenvalue weighted by Gasteiger charge is -2.27. The summed E-state index contributed by atoms with van der Waals surface area (Å²) < 4.78 is 0. The van der Waals surface area contributed by atoms with Crippen molar-refractivity contribution < 1.29 is 4.79 Å². The molecule has 1 aromatic carbocycles. The number of hydrogen-bond donors (Lipinski definition) is 2. The number of piperazine rings is 1. The van der Waals surface area contributed by atoms with Gasteiger partial charge in [0.2, 0.25) is 0 Å². The van der Waals surface area contributed by atoms with Crippen molar-refractivity contribution in [3.63, 3.8) is 0 Å². The molecule has 0 bridgehead atoms. The van der Waals surface area contributed by atoms with Gasteiger partial charge in [-0.2, -0.15) is 0 Å². The zero-order chi connectivity index (χ0) is 18.1. The van der Waals surface area contributed by atoms with Crippen LogP contribution < -0.4 is 10.6 Å². The molecule has 2 heterocycles. The fraction of sp³-hybridized carbons (Fsp3) is 0.524. The summed E-state index contributed by atoms with van der Waals surface area (Å²) in [6, 6.07) is 6.27. The number of rotatable bonds is 5. The lowest BCUT2D eigenvalue weighted by atomic mass is 10.00. The molecule has 5 nitrogen and oxygen atoms in total. The molecule has 0 spiro atoms. The van der Waals surface area contributed by atoms with E-state index in [0.717, 1.165) is 60.4 Å². The Bertz CT molecular complexity index is 833. The Hall–Kier alpha value is -1.40. The van der Waals surface area contributed by atoms with E-state index >= 15 is 0 Å². The smallest absolute Gasteiger partial charge is 0.252 e. The largest absolute Gasteiger partial charge is 0.351 e. The molecule has 2 N–H and O–H groups in total. The van der Waals surface area contributed by atoms with E-state index < -0.39 is 0 Å². The van der Waals surface area contributed by atoms with E-state index in [2.05, 4.69) is 41.5 Å². The number of carbonyl (C=O) groups excluding carboxylic acids is 1. The summed E-state index contributed by atoms with van der Waals surface area (Å²) >= 11 is 0. The van der Waals surface area contributed by atoms with Gasteiger partial charge in [0.15, 0.2) is 0 Å². The van der Waals surface area contributed by atoms with Crippen molar-refractivity contribution in [3.05, 3.63) is 40.6 Å². The van der Waals surface area contributed by atoms with Gasteiger partial charge in [0.25, 0.3) is 5.91 Å². The molecule has 1 aliphatic heterocycles. The van der Waals surface area contributed by atoms with E-state index in [9.17, 15) is 4.79 Å². The number of carbonyl (C=O) groups is 1. The first kappa shape index (κ1) is 22.9. The minimum Gasteiger partial charge on any atom is -0.351 e. The van der Waals surface area contributed by atoms with Crippen molar-refractivity contribution in [2.45, 2.75) is 32.6 Å². The standard InChI is InChI=1S/C21H28N4O.2ClH/c1-14-11-15(2)20-17(12-14)18(13-19(24-20)16-3-4-16)21(26)23-7-10-25-8-5-22-6-9-25;;/h11-13,16,22H,3-10H2,1-2H3,(H,23,26);2*1H. The van der Waals surface area contributed by atoms with Gasteiger partial charge in [0.1, 0.15) is 0 Å². The number of fused-ring (bicyclic) bond motifs is 1. The summed E-state index contributed by atoms with van der Waals surface area (Å²) in [5, 5.41) is 7.47. The molecule has 4 rings (SSSR count). The molecule has 2 fully saturated rings. The number of aromatic nitrogens is 1. The number of nitrogens with one attached hydrogen (secondary N) is 2. The van der Waals surface area contributed by atoms with Gasteiger partial charge in [0.05, 0.1) is 11.1 Å². The van der Waals surface area contributed by atoms with Crippen LogP contribution in [-0.4, -0.2) is 55.1 Å². The van der Waals surface area contributed by atoms with E-state index in [1.807, 2.05) is 6.07 Å². The van der Waals surface area contributed by atoms with Crippen molar-refractivity contribution in [3.8, 4) is 0 Å². The number of amides is 1. The quantitative estimate of drug-likeness (QED) is 0.773. The van der Waals surface area contributed by atoms with Crippen LogP contribution in [0, 0.1) is 13.8 Å². The summed E-state index contributed by atoms with van der Waals surface area (Å²) in [6.45, 7) is 9.93. The molecule has 1 saturated heterocycles. The van der Waals surface area contributed by atoms with Crippen LogP contribution in [0.5, 0.6) is 0 Å². The molecular weight excluding hydrogens is 395 g/mol. The zero-order valence-electron chi connectivity index (χ0n) is 16.6. The Morgan fingerprint density at radius 2 is 1.89 bits per heavy atom. The third-order valence-electron chi connectivity index (χ3n) is 5.43. The monoisotopic (exact) mass is 424 g/mol. The van der Waals surface area contributed by atoms with Crippen LogP contribution in [0.1, 0.15) is 45.9 Å². The molecule has 0 unspecified atom stereocenters. The fourth-order valence-corrected chi connectivity index (χ4v) is 3.83. The van der Waals surface area contributed by atoms with Gasteiger partial charge in [-0.15, -0.1) is 24.8 Å².